The normalized spacial score (nSPS) is 10.3. The van der Waals surface area contributed by atoms with Crippen LogP contribution in [-0.2, 0) is 9.53 Å². The number of carbonyl (C=O) groups is 1. The summed E-state index contributed by atoms with van der Waals surface area (Å²) in [4.78, 5) is 11.2. The molecule has 4 heteroatoms. The van der Waals surface area contributed by atoms with Crippen LogP contribution in [0.1, 0.15) is 5.56 Å². The Hall–Kier alpha value is -2.54. The average molecular weight is 215 g/mol. The van der Waals surface area contributed by atoms with E-state index in [1.165, 1.54) is 18.2 Å². The van der Waals surface area contributed by atoms with Crippen molar-refractivity contribution in [1.29, 1.82) is 5.26 Å². The number of nitriles is 1. The van der Waals surface area contributed by atoms with Crippen LogP contribution in [0.5, 0.6) is 5.75 Å². The molecule has 0 saturated carbocycles. The van der Waals surface area contributed by atoms with Gasteiger partial charge in [-0.05, 0) is 23.8 Å². The first-order valence-electron chi connectivity index (χ1n) is 4.40. The molecule has 0 aliphatic heterocycles. The third-order valence-electron chi connectivity index (χ3n) is 1.71. The molecule has 0 aliphatic rings. The van der Waals surface area contributed by atoms with Crippen molar-refractivity contribution in [2.45, 2.75) is 0 Å². The summed E-state index contributed by atoms with van der Waals surface area (Å²) < 4.78 is 4.47. The van der Waals surface area contributed by atoms with Gasteiger partial charge in [-0.25, -0.2) is 4.79 Å². The Kier molecular flexibility index (Phi) is 3.87. The topological polar surface area (TPSA) is 70.3 Å². The first kappa shape index (κ1) is 11.5. The Labute approximate surface area is 92.7 Å². The summed E-state index contributed by atoms with van der Waals surface area (Å²) >= 11 is 0. The largest absolute Gasteiger partial charge is 0.508 e. The Morgan fingerprint density at radius 2 is 2.31 bits per heavy atom. The van der Waals surface area contributed by atoms with Gasteiger partial charge in [-0.3, -0.25) is 0 Å². The maximum Gasteiger partial charge on any atom is 0.353 e. The van der Waals surface area contributed by atoms with Crippen molar-refractivity contribution in [1.82, 2.24) is 0 Å². The maximum absolute atomic E-state index is 11.2. The lowest BCUT2D eigenvalue weighted by Crippen LogP contribution is -2.01. The van der Waals surface area contributed by atoms with E-state index in [-0.39, 0.29) is 11.3 Å². The third kappa shape index (κ3) is 3.00. The van der Waals surface area contributed by atoms with Crippen LogP contribution in [0.25, 0.3) is 6.08 Å². The second kappa shape index (κ2) is 5.37. The Balaban J connectivity index is 3.01. The van der Waals surface area contributed by atoms with Gasteiger partial charge in [0.05, 0.1) is 6.26 Å². The minimum atomic E-state index is -0.777. The zero-order valence-corrected chi connectivity index (χ0v) is 8.38. The van der Waals surface area contributed by atoms with Crippen molar-refractivity contribution < 1.29 is 14.6 Å². The number of phenolic OH excluding ortho intramolecular Hbond substituents is 1. The van der Waals surface area contributed by atoms with Gasteiger partial charge >= 0.3 is 5.97 Å². The molecule has 0 unspecified atom stereocenters. The van der Waals surface area contributed by atoms with Gasteiger partial charge in [-0.15, -0.1) is 0 Å². The summed E-state index contributed by atoms with van der Waals surface area (Å²) in [6.45, 7) is 3.22. The molecule has 4 nitrogen and oxygen atoms in total. The predicted molar refractivity (Wildman–Crippen MR) is 58.0 cm³/mol. The van der Waals surface area contributed by atoms with Crippen LogP contribution >= 0.6 is 0 Å². The molecule has 1 aromatic carbocycles. The van der Waals surface area contributed by atoms with Crippen LogP contribution in [0, 0.1) is 11.3 Å². The fourth-order valence-corrected chi connectivity index (χ4v) is 1.06. The van der Waals surface area contributed by atoms with Gasteiger partial charge in [0.15, 0.2) is 0 Å². The molecule has 0 radical (unpaired) electrons. The monoisotopic (exact) mass is 215 g/mol. The lowest BCUT2D eigenvalue weighted by atomic mass is 10.1. The van der Waals surface area contributed by atoms with Crippen molar-refractivity contribution >= 4 is 12.0 Å². The summed E-state index contributed by atoms with van der Waals surface area (Å²) in [5.41, 5.74) is 0.378. The molecule has 0 spiro atoms. The number of rotatable bonds is 3. The fraction of sp³-hybridized carbons (Fsp3) is 0. The highest BCUT2D eigenvalue weighted by Crippen LogP contribution is 2.14. The van der Waals surface area contributed by atoms with E-state index in [0.717, 1.165) is 6.26 Å². The first-order chi connectivity index (χ1) is 7.67. The summed E-state index contributed by atoms with van der Waals surface area (Å²) in [5, 5.41) is 17.9. The van der Waals surface area contributed by atoms with Crippen molar-refractivity contribution in [3.8, 4) is 11.8 Å². The Morgan fingerprint density at radius 1 is 1.56 bits per heavy atom. The minimum absolute atomic E-state index is 0.0585. The SMILES string of the molecule is C=COC(=O)/C(C#N)=C/c1cccc(O)c1. The molecule has 80 valence electrons. The molecule has 0 fully saturated rings. The molecule has 1 N–H and O–H groups in total. The number of esters is 1. The molecule has 0 amide bonds. The van der Waals surface area contributed by atoms with Crippen LogP contribution in [-0.4, -0.2) is 11.1 Å². The molecule has 0 atom stereocenters. The third-order valence-corrected chi connectivity index (χ3v) is 1.71. The van der Waals surface area contributed by atoms with Crippen molar-refractivity contribution in [3.05, 3.63) is 48.2 Å². The van der Waals surface area contributed by atoms with Gasteiger partial charge in [0.1, 0.15) is 17.4 Å². The van der Waals surface area contributed by atoms with E-state index < -0.39 is 5.97 Å². The number of nitrogens with zero attached hydrogens (tertiary/aromatic N) is 1. The van der Waals surface area contributed by atoms with Crippen molar-refractivity contribution in [2.24, 2.45) is 0 Å². The highest BCUT2D eigenvalue weighted by molar-refractivity contribution is 5.98. The number of aromatic hydroxyl groups is 1. The van der Waals surface area contributed by atoms with Gasteiger partial charge in [-0.1, -0.05) is 18.7 Å². The molecular formula is C12H9NO3. The zero-order chi connectivity index (χ0) is 12.0. The highest BCUT2D eigenvalue weighted by atomic mass is 16.5. The van der Waals surface area contributed by atoms with E-state index >= 15 is 0 Å². The fourth-order valence-electron chi connectivity index (χ4n) is 1.06. The minimum Gasteiger partial charge on any atom is -0.508 e. The molecule has 16 heavy (non-hydrogen) atoms. The Morgan fingerprint density at radius 3 is 2.88 bits per heavy atom. The second-order valence-corrected chi connectivity index (χ2v) is 2.84. The number of benzene rings is 1. The van der Waals surface area contributed by atoms with Crippen molar-refractivity contribution in [2.75, 3.05) is 0 Å². The van der Waals surface area contributed by atoms with Gasteiger partial charge in [0, 0.05) is 0 Å². The standard InChI is InChI=1S/C12H9NO3/c1-2-16-12(15)10(8-13)6-9-4-3-5-11(14)7-9/h2-7,14H,1H2/b10-6+. The van der Waals surface area contributed by atoms with Gasteiger partial charge < -0.3 is 9.84 Å². The zero-order valence-electron chi connectivity index (χ0n) is 8.38. The average Bonchev–Trinajstić information content (AvgIpc) is 2.26. The number of hydrogen-bond acceptors (Lipinski definition) is 4. The van der Waals surface area contributed by atoms with Gasteiger partial charge in [0.25, 0.3) is 0 Å². The molecule has 0 heterocycles. The van der Waals surface area contributed by atoms with E-state index in [2.05, 4.69) is 11.3 Å². The van der Waals surface area contributed by atoms with E-state index in [1.54, 1.807) is 18.2 Å². The summed E-state index contributed by atoms with van der Waals surface area (Å²) in [5.74, 6) is -0.719. The number of ether oxygens (including phenoxy) is 1. The first-order valence-corrected chi connectivity index (χ1v) is 4.40. The molecule has 1 rings (SSSR count). The molecular weight excluding hydrogens is 206 g/mol. The highest BCUT2D eigenvalue weighted by Gasteiger charge is 2.08. The number of phenols is 1. The predicted octanol–water partition coefficient (Wildman–Crippen LogP) is 1.99. The van der Waals surface area contributed by atoms with E-state index in [1.807, 2.05) is 0 Å². The van der Waals surface area contributed by atoms with Crippen LogP contribution in [0.2, 0.25) is 0 Å². The Bertz CT molecular complexity index is 483. The molecule has 0 saturated heterocycles. The smallest absolute Gasteiger partial charge is 0.353 e. The molecule has 0 aromatic heterocycles. The summed E-state index contributed by atoms with van der Waals surface area (Å²) in [6, 6.07) is 7.89. The van der Waals surface area contributed by atoms with Crippen LogP contribution in [0.15, 0.2) is 42.7 Å². The summed E-state index contributed by atoms with van der Waals surface area (Å²) in [6.07, 6.45) is 2.28. The lowest BCUT2D eigenvalue weighted by Gasteiger charge is -1.98. The van der Waals surface area contributed by atoms with E-state index in [4.69, 9.17) is 5.26 Å². The van der Waals surface area contributed by atoms with Crippen LogP contribution in [0.4, 0.5) is 0 Å². The summed E-state index contributed by atoms with van der Waals surface area (Å²) in [7, 11) is 0. The molecule has 0 bridgehead atoms. The number of hydrogen-bond donors (Lipinski definition) is 1. The quantitative estimate of drug-likeness (QED) is 0.362. The van der Waals surface area contributed by atoms with Crippen LogP contribution < -0.4 is 0 Å². The van der Waals surface area contributed by atoms with E-state index in [9.17, 15) is 9.90 Å². The maximum atomic E-state index is 11.2. The molecule has 1 aromatic rings. The lowest BCUT2D eigenvalue weighted by molar-refractivity contribution is -0.133. The second-order valence-electron chi connectivity index (χ2n) is 2.84. The van der Waals surface area contributed by atoms with Crippen molar-refractivity contribution in [3.63, 3.8) is 0 Å². The van der Waals surface area contributed by atoms with Crippen LogP contribution in [0.3, 0.4) is 0 Å². The molecule has 0 aliphatic carbocycles. The van der Waals surface area contributed by atoms with Gasteiger partial charge in [-0.2, -0.15) is 5.26 Å². The number of carbonyl (C=O) groups excluding carboxylic acids is 1. The van der Waals surface area contributed by atoms with Gasteiger partial charge in [0.2, 0.25) is 0 Å². The van der Waals surface area contributed by atoms with E-state index in [0.29, 0.717) is 5.56 Å².